The predicted octanol–water partition coefficient (Wildman–Crippen LogP) is 2.22. The number of fused-ring (bicyclic) bond motifs is 3. The first-order chi connectivity index (χ1) is 12.1. The fourth-order valence-corrected chi connectivity index (χ4v) is 4.71. The molecule has 0 saturated heterocycles. The zero-order chi connectivity index (χ0) is 17.6. The summed E-state index contributed by atoms with van der Waals surface area (Å²) in [6.45, 7) is 5.25. The zero-order valence-corrected chi connectivity index (χ0v) is 14.9. The smallest absolute Gasteiger partial charge is 0.253 e. The van der Waals surface area contributed by atoms with E-state index in [2.05, 4.69) is 29.2 Å². The number of hydrogen-bond acceptors (Lipinski definition) is 4. The molecule has 6 heteroatoms. The normalized spacial score (nSPS) is 28.2. The van der Waals surface area contributed by atoms with Crippen LogP contribution in [0.25, 0.3) is 11.0 Å². The first kappa shape index (κ1) is 16.5. The van der Waals surface area contributed by atoms with E-state index in [0.29, 0.717) is 23.3 Å². The van der Waals surface area contributed by atoms with Gasteiger partial charge in [-0.15, -0.1) is 0 Å². The number of carbonyl (C=O) groups excluding carboxylic acids is 1. The SMILES string of the molecule is CC(C)Cn1ncc2cc(C(=O)NC3C4CCC(C4)C3CO)cnc21. The summed E-state index contributed by atoms with van der Waals surface area (Å²) >= 11 is 0. The van der Waals surface area contributed by atoms with E-state index in [4.69, 9.17) is 0 Å². The second kappa shape index (κ2) is 6.41. The fraction of sp³-hybridized carbons (Fsp3) is 0.632. The maximum absolute atomic E-state index is 12.7. The maximum atomic E-state index is 12.7. The molecule has 2 aromatic rings. The molecule has 0 aliphatic heterocycles. The van der Waals surface area contributed by atoms with Crippen molar-refractivity contribution in [2.75, 3.05) is 6.61 Å². The quantitative estimate of drug-likeness (QED) is 0.873. The van der Waals surface area contributed by atoms with E-state index in [1.54, 1.807) is 12.4 Å². The van der Waals surface area contributed by atoms with Gasteiger partial charge in [0.25, 0.3) is 5.91 Å². The Morgan fingerprint density at radius 3 is 2.92 bits per heavy atom. The van der Waals surface area contributed by atoms with Gasteiger partial charge in [0, 0.05) is 36.7 Å². The fourth-order valence-electron chi connectivity index (χ4n) is 4.71. The molecule has 0 aromatic carbocycles. The summed E-state index contributed by atoms with van der Waals surface area (Å²) in [4.78, 5) is 17.2. The Bertz CT molecular complexity index is 785. The van der Waals surface area contributed by atoms with Gasteiger partial charge in [-0.2, -0.15) is 5.10 Å². The second-order valence-corrected chi connectivity index (χ2v) is 8.04. The molecular formula is C19H26N4O2. The number of amides is 1. The molecule has 0 radical (unpaired) electrons. The molecule has 2 fully saturated rings. The van der Waals surface area contributed by atoms with Crippen LogP contribution in [0.5, 0.6) is 0 Å². The van der Waals surface area contributed by atoms with Crippen molar-refractivity contribution in [3.8, 4) is 0 Å². The zero-order valence-electron chi connectivity index (χ0n) is 14.9. The Morgan fingerprint density at radius 1 is 1.36 bits per heavy atom. The van der Waals surface area contributed by atoms with Crippen LogP contribution < -0.4 is 5.32 Å². The standard InChI is InChI=1S/C19H26N4O2/c1-11(2)9-23-18-14(8-21-23)6-15(7-20-18)19(25)22-17-13-4-3-12(5-13)16(17)10-24/h6-8,11-13,16-17,24H,3-5,9-10H2,1-2H3,(H,22,25). The third-order valence-electron chi connectivity index (χ3n) is 5.87. The highest BCUT2D eigenvalue weighted by molar-refractivity contribution is 5.97. The number of aromatic nitrogens is 3. The highest BCUT2D eigenvalue weighted by Crippen LogP contribution is 2.48. The summed E-state index contributed by atoms with van der Waals surface area (Å²) in [5.41, 5.74) is 1.38. The summed E-state index contributed by atoms with van der Waals surface area (Å²) in [7, 11) is 0. The highest BCUT2D eigenvalue weighted by Gasteiger charge is 2.47. The Balaban J connectivity index is 1.52. The van der Waals surface area contributed by atoms with Gasteiger partial charge in [0.15, 0.2) is 5.65 Å². The van der Waals surface area contributed by atoms with Gasteiger partial charge in [0.1, 0.15) is 0 Å². The van der Waals surface area contributed by atoms with Crippen molar-refractivity contribution in [1.82, 2.24) is 20.1 Å². The number of hydrogen-bond donors (Lipinski definition) is 2. The molecule has 2 aliphatic rings. The maximum Gasteiger partial charge on any atom is 0.253 e. The van der Waals surface area contributed by atoms with Gasteiger partial charge in [-0.1, -0.05) is 13.8 Å². The molecule has 25 heavy (non-hydrogen) atoms. The third kappa shape index (κ3) is 2.92. The Labute approximate surface area is 147 Å². The Morgan fingerprint density at radius 2 is 2.16 bits per heavy atom. The van der Waals surface area contributed by atoms with Crippen LogP contribution in [-0.2, 0) is 6.54 Å². The second-order valence-electron chi connectivity index (χ2n) is 8.04. The number of pyridine rings is 1. The van der Waals surface area contributed by atoms with Gasteiger partial charge in [0.2, 0.25) is 0 Å². The molecule has 2 N–H and O–H groups in total. The van der Waals surface area contributed by atoms with Gasteiger partial charge >= 0.3 is 0 Å². The molecule has 2 saturated carbocycles. The lowest BCUT2D eigenvalue weighted by atomic mass is 9.85. The lowest BCUT2D eigenvalue weighted by molar-refractivity contribution is 0.0861. The van der Waals surface area contributed by atoms with Crippen LogP contribution >= 0.6 is 0 Å². The summed E-state index contributed by atoms with van der Waals surface area (Å²) in [5.74, 6) is 1.67. The summed E-state index contributed by atoms with van der Waals surface area (Å²) < 4.78 is 1.89. The number of nitrogens with one attached hydrogen (secondary N) is 1. The number of nitrogens with zero attached hydrogens (tertiary/aromatic N) is 3. The monoisotopic (exact) mass is 342 g/mol. The number of rotatable bonds is 5. The molecule has 2 heterocycles. The minimum Gasteiger partial charge on any atom is -0.396 e. The molecule has 2 aromatic heterocycles. The van der Waals surface area contributed by atoms with Gasteiger partial charge in [-0.25, -0.2) is 9.67 Å². The van der Waals surface area contributed by atoms with Crippen LogP contribution in [0.2, 0.25) is 0 Å². The van der Waals surface area contributed by atoms with E-state index in [-0.39, 0.29) is 24.5 Å². The molecule has 4 unspecified atom stereocenters. The molecule has 2 aliphatic carbocycles. The van der Waals surface area contributed by atoms with Crippen molar-refractivity contribution >= 4 is 16.9 Å². The molecule has 134 valence electrons. The Hall–Kier alpha value is -1.95. The van der Waals surface area contributed by atoms with Crippen LogP contribution in [0.1, 0.15) is 43.5 Å². The van der Waals surface area contributed by atoms with E-state index >= 15 is 0 Å². The minimum absolute atomic E-state index is 0.0932. The average Bonchev–Trinajstić information content (AvgIpc) is 3.29. The molecule has 4 rings (SSSR count). The lowest BCUT2D eigenvalue weighted by Gasteiger charge is -2.30. The van der Waals surface area contributed by atoms with Crippen LogP contribution in [0.15, 0.2) is 18.5 Å². The van der Waals surface area contributed by atoms with Crippen molar-refractivity contribution < 1.29 is 9.90 Å². The predicted molar refractivity (Wildman–Crippen MR) is 95.0 cm³/mol. The van der Waals surface area contributed by atoms with Crippen LogP contribution in [0.3, 0.4) is 0 Å². The number of aliphatic hydroxyl groups excluding tert-OH is 1. The summed E-state index contributed by atoms with van der Waals surface area (Å²) in [5, 5.41) is 18.1. The number of carbonyl (C=O) groups is 1. The van der Waals surface area contributed by atoms with Crippen molar-refractivity contribution in [1.29, 1.82) is 0 Å². The van der Waals surface area contributed by atoms with Gasteiger partial charge < -0.3 is 10.4 Å². The molecule has 2 bridgehead atoms. The van der Waals surface area contributed by atoms with Crippen molar-refractivity contribution in [3.05, 3.63) is 24.0 Å². The molecule has 1 amide bonds. The molecular weight excluding hydrogens is 316 g/mol. The van der Waals surface area contributed by atoms with Crippen LogP contribution in [0, 0.1) is 23.7 Å². The van der Waals surface area contributed by atoms with Crippen molar-refractivity contribution in [2.45, 2.75) is 45.7 Å². The van der Waals surface area contributed by atoms with Gasteiger partial charge in [-0.05, 0) is 43.1 Å². The van der Waals surface area contributed by atoms with Crippen molar-refractivity contribution in [3.63, 3.8) is 0 Å². The summed E-state index contributed by atoms with van der Waals surface area (Å²) in [6, 6.07) is 1.96. The van der Waals surface area contributed by atoms with Gasteiger partial charge in [0.05, 0.1) is 11.8 Å². The van der Waals surface area contributed by atoms with Crippen LogP contribution in [0.4, 0.5) is 0 Å². The lowest BCUT2D eigenvalue weighted by Crippen LogP contribution is -2.45. The average molecular weight is 342 g/mol. The Kier molecular flexibility index (Phi) is 4.23. The summed E-state index contributed by atoms with van der Waals surface area (Å²) in [6.07, 6.45) is 6.89. The van der Waals surface area contributed by atoms with E-state index in [9.17, 15) is 9.90 Å². The topological polar surface area (TPSA) is 80.0 Å². The largest absolute Gasteiger partial charge is 0.396 e. The van der Waals surface area contributed by atoms with E-state index in [0.717, 1.165) is 30.4 Å². The molecule has 4 atom stereocenters. The van der Waals surface area contributed by atoms with Crippen LogP contribution in [-0.4, -0.2) is 38.4 Å². The third-order valence-corrected chi connectivity index (χ3v) is 5.87. The van der Waals surface area contributed by atoms with E-state index < -0.39 is 0 Å². The molecule has 0 spiro atoms. The number of aliphatic hydroxyl groups is 1. The van der Waals surface area contributed by atoms with E-state index in [1.165, 1.54) is 6.42 Å². The first-order valence-corrected chi connectivity index (χ1v) is 9.30. The van der Waals surface area contributed by atoms with Gasteiger partial charge in [-0.3, -0.25) is 4.79 Å². The minimum atomic E-state index is -0.0954. The van der Waals surface area contributed by atoms with Crippen molar-refractivity contribution in [2.24, 2.45) is 23.7 Å². The first-order valence-electron chi connectivity index (χ1n) is 9.30. The highest BCUT2D eigenvalue weighted by atomic mass is 16.3. The molecule has 6 nitrogen and oxygen atoms in total. The van der Waals surface area contributed by atoms with E-state index in [1.807, 2.05) is 10.7 Å².